The van der Waals surface area contributed by atoms with E-state index in [1.54, 1.807) is 12.4 Å². The number of hydrogen-bond acceptors (Lipinski definition) is 3. The van der Waals surface area contributed by atoms with E-state index < -0.39 is 0 Å². The van der Waals surface area contributed by atoms with Gasteiger partial charge in [0, 0.05) is 25.5 Å². The van der Waals surface area contributed by atoms with Gasteiger partial charge < -0.3 is 9.64 Å². The lowest BCUT2D eigenvalue weighted by Crippen LogP contribution is -2.36. The van der Waals surface area contributed by atoms with Crippen molar-refractivity contribution in [3.8, 4) is 0 Å². The first kappa shape index (κ1) is 12.6. The zero-order valence-electron chi connectivity index (χ0n) is 11.3. The van der Waals surface area contributed by atoms with Crippen LogP contribution in [-0.4, -0.2) is 41.1 Å². The molecule has 0 bridgehead atoms. The zero-order chi connectivity index (χ0) is 13.3. The summed E-state index contributed by atoms with van der Waals surface area (Å²) >= 11 is 0. The van der Waals surface area contributed by atoms with E-state index in [-0.39, 0.29) is 11.5 Å². The molecule has 3 heterocycles. The van der Waals surface area contributed by atoms with Crippen molar-refractivity contribution in [3.05, 3.63) is 30.1 Å². The van der Waals surface area contributed by atoms with Gasteiger partial charge in [0.1, 0.15) is 0 Å². The van der Waals surface area contributed by atoms with Crippen LogP contribution in [0.25, 0.3) is 0 Å². The number of hydrogen-bond donors (Lipinski definition) is 0. The molecule has 2 atom stereocenters. The third kappa shape index (κ3) is 2.63. The molecule has 2 fully saturated rings. The van der Waals surface area contributed by atoms with E-state index >= 15 is 0 Å². The lowest BCUT2D eigenvalue weighted by molar-refractivity contribution is -0.130. The van der Waals surface area contributed by atoms with Gasteiger partial charge >= 0.3 is 0 Å². The summed E-state index contributed by atoms with van der Waals surface area (Å²) < 4.78 is 5.94. The fourth-order valence-corrected chi connectivity index (χ4v) is 3.20. The summed E-state index contributed by atoms with van der Waals surface area (Å²) in [5, 5.41) is 0. The van der Waals surface area contributed by atoms with E-state index in [2.05, 4.69) is 11.9 Å². The smallest absolute Gasteiger partial charge is 0.227 e. The molecule has 1 spiro atoms. The lowest BCUT2D eigenvalue weighted by Gasteiger charge is -2.23. The number of carbonyl (C=O) groups is 1. The first-order chi connectivity index (χ1) is 9.17. The summed E-state index contributed by atoms with van der Waals surface area (Å²) in [5.74, 6) is 0.807. The molecular formula is C15H20N2O2. The molecule has 102 valence electrons. The summed E-state index contributed by atoms with van der Waals surface area (Å²) in [6.07, 6.45) is 6.00. The number of carbonyl (C=O) groups excluding carboxylic acids is 1. The van der Waals surface area contributed by atoms with Crippen molar-refractivity contribution in [1.82, 2.24) is 9.88 Å². The van der Waals surface area contributed by atoms with Crippen LogP contribution in [0.1, 0.15) is 25.3 Å². The highest BCUT2D eigenvalue weighted by molar-refractivity contribution is 5.79. The van der Waals surface area contributed by atoms with Gasteiger partial charge in [-0.15, -0.1) is 0 Å². The SMILES string of the molecule is C[C@@H]1CO[C@@]2(CCN(C(=O)Cc3cccnc3)C2)C1. The summed E-state index contributed by atoms with van der Waals surface area (Å²) in [6, 6.07) is 3.82. The van der Waals surface area contributed by atoms with Crippen LogP contribution < -0.4 is 0 Å². The molecule has 2 aliphatic heterocycles. The molecule has 1 amide bonds. The van der Waals surface area contributed by atoms with E-state index in [9.17, 15) is 4.79 Å². The second-order valence-electron chi connectivity index (χ2n) is 5.91. The van der Waals surface area contributed by atoms with Crippen molar-refractivity contribution < 1.29 is 9.53 Å². The Bertz CT molecular complexity index is 462. The van der Waals surface area contributed by atoms with Gasteiger partial charge in [0.05, 0.1) is 18.6 Å². The quantitative estimate of drug-likeness (QED) is 0.812. The van der Waals surface area contributed by atoms with Gasteiger partial charge in [-0.25, -0.2) is 0 Å². The van der Waals surface area contributed by atoms with E-state index in [0.717, 1.165) is 38.1 Å². The second kappa shape index (κ2) is 4.93. The average molecular weight is 260 g/mol. The van der Waals surface area contributed by atoms with E-state index in [1.807, 2.05) is 17.0 Å². The molecular weight excluding hydrogens is 240 g/mol. The summed E-state index contributed by atoms with van der Waals surface area (Å²) in [6.45, 7) is 4.64. The monoisotopic (exact) mass is 260 g/mol. The predicted octanol–water partition coefficient (Wildman–Crippen LogP) is 1.65. The topological polar surface area (TPSA) is 42.4 Å². The Kier molecular flexibility index (Phi) is 3.27. The fraction of sp³-hybridized carbons (Fsp3) is 0.600. The molecule has 3 rings (SSSR count). The van der Waals surface area contributed by atoms with Gasteiger partial charge in [-0.2, -0.15) is 0 Å². The fourth-order valence-electron chi connectivity index (χ4n) is 3.20. The Balaban J connectivity index is 1.60. The van der Waals surface area contributed by atoms with Gasteiger partial charge in [-0.1, -0.05) is 13.0 Å². The molecule has 4 heteroatoms. The van der Waals surface area contributed by atoms with Gasteiger partial charge in [-0.05, 0) is 30.4 Å². The van der Waals surface area contributed by atoms with Crippen LogP contribution in [0.4, 0.5) is 0 Å². The second-order valence-corrected chi connectivity index (χ2v) is 5.91. The highest BCUT2D eigenvalue weighted by Crippen LogP contribution is 2.37. The minimum absolute atomic E-state index is 0.0516. The third-order valence-corrected chi connectivity index (χ3v) is 4.14. The maximum Gasteiger partial charge on any atom is 0.227 e. The molecule has 0 unspecified atom stereocenters. The van der Waals surface area contributed by atoms with Crippen molar-refractivity contribution in [1.29, 1.82) is 0 Å². The van der Waals surface area contributed by atoms with Crippen molar-refractivity contribution >= 4 is 5.91 Å². The minimum Gasteiger partial charge on any atom is -0.373 e. The Morgan fingerprint density at radius 1 is 1.63 bits per heavy atom. The largest absolute Gasteiger partial charge is 0.373 e. The maximum atomic E-state index is 12.3. The molecule has 1 aromatic heterocycles. The minimum atomic E-state index is -0.0516. The molecule has 0 aromatic carbocycles. The number of likely N-dealkylation sites (tertiary alicyclic amines) is 1. The number of rotatable bonds is 2. The third-order valence-electron chi connectivity index (χ3n) is 4.14. The first-order valence-corrected chi connectivity index (χ1v) is 6.98. The van der Waals surface area contributed by atoms with Gasteiger partial charge in [-0.3, -0.25) is 9.78 Å². The zero-order valence-corrected chi connectivity index (χ0v) is 11.3. The Labute approximate surface area is 113 Å². The molecule has 0 aliphatic carbocycles. The van der Waals surface area contributed by atoms with Crippen LogP contribution in [0.5, 0.6) is 0 Å². The molecule has 0 N–H and O–H groups in total. The highest BCUT2D eigenvalue weighted by atomic mass is 16.5. The number of ether oxygens (including phenoxy) is 1. The number of nitrogens with zero attached hydrogens (tertiary/aromatic N) is 2. The van der Waals surface area contributed by atoms with Crippen molar-refractivity contribution in [3.63, 3.8) is 0 Å². The molecule has 2 aliphatic rings. The van der Waals surface area contributed by atoms with Crippen molar-refractivity contribution in [2.75, 3.05) is 19.7 Å². The summed E-state index contributed by atoms with van der Waals surface area (Å²) in [4.78, 5) is 18.3. The highest BCUT2D eigenvalue weighted by Gasteiger charge is 2.45. The number of amides is 1. The average Bonchev–Trinajstić information content (AvgIpc) is 2.98. The summed E-state index contributed by atoms with van der Waals surface area (Å²) in [7, 11) is 0. The molecule has 0 radical (unpaired) electrons. The van der Waals surface area contributed by atoms with Crippen LogP contribution in [0.15, 0.2) is 24.5 Å². The summed E-state index contributed by atoms with van der Waals surface area (Å²) in [5.41, 5.74) is 0.929. The van der Waals surface area contributed by atoms with E-state index in [0.29, 0.717) is 12.3 Å². The van der Waals surface area contributed by atoms with E-state index in [4.69, 9.17) is 4.74 Å². The Morgan fingerprint density at radius 2 is 2.53 bits per heavy atom. The van der Waals surface area contributed by atoms with Crippen LogP contribution >= 0.6 is 0 Å². The predicted molar refractivity (Wildman–Crippen MR) is 71.6 cm³/mol. The molecule has 1 aromatic rings. The van der Waals surface area contributed by atoms with E-state index in [1.165, 1.54) is 0 Å². The standard InChI is InChI=1S/C15H20N2O2/c1-12-8-15(19-10-12)4-6-17(11-15)14(18)7-13-3-2-5-16-9-13/h2-3,5,9,12H,4,6-8,10-11H2,1H3/t12-,15-/m0/s1. The van der Waals surface area contributed by atoms with Gasteiger partial charge in [0.25, 0.3) is 0 Å². The maximum absolute atomic E-state index is 12.3. The normalized spacial score (nSPS) is 30.2. The van der Waals surface area contributed by atoms with Gasteiger partial charge in [0.15, 0.2) is 0 Å². The van der Waals surface area contributed by atoms with Crippen LogP contribution in [0.3, 0.4) is 0 Å². The van der Waals surface area contributed by atoms with Crippen LogP contribution in [0.2, 0.25) is 0 Å². The first-order valence-electron chi connectivity index (χ1n) is 6.98. The van der Waals surface area contributed by atoms with Crippen LogP contribution in [0, 0.1) is 5.92 Å². The lowest BCUT2D eigenvalue weighted by atomic mass is 9.94. The molecule has 19 heavy (non-hydrogen) atoms. The molecule has 0 saturated carbocycles. The van der Waals surface area contributed by atoms with Gasteiger partial charge in [0.2, 0.25) is 5.91 Å². The molecule has 4 nitrogen and oxygen atoms in total. The van der Waals surface area contributed by atoms with Crippen molar-refractivity contribution in [2.45, 2.75) is 31.8 Å². The molecule has 2 saturated heterocycles. The number of aromatic nitrogens is 1. The number of pyridine rings is 1. The van der Waals surface area contributed by atoms with Crippen LogP contribution in [-0.2, 0) is 16.0 Å². The Hall–Kier alpha value is -1.42. The Morgan fingerprint density at radius 3 is 3.21 bits per heavy atom. The van der Waals surface area contributed by atoms with Crippen molar-refractivity contribution in [2.24, 2.45) is 5.92 Å².